The van der Waals surface area contributed by atoms with Gasteiger partial charge < -0.3 is 5.11 Å². The van der Waals surface area contributed by atoms with E-state index in [1.54, 1.807) is 6.08 Å². The molecule has 9 heavy (non-hydrogen) atoms. The van der Waals surface area contributed by atoms with Crippen molar-refractivity contribution >= 4 is 0 Å². The Morgan fingerprint density at radius 2 is 2.44 bits per heavy atom. The van der Waals surface area contributed by atoms with E-state index in [-0.39, 0.29) is 6.10 Å². The summed E-state index contributed by atoms with van der Waals surface area (Å²) in [5.41, 5.74) is 0. The second-order valence-electron chi connectivity index (χ2n) is 1.92. The van der Waals surface area contributed by atoms with E-state index in [1.165, 1.54) is 0 Å². The minimum atomic E-state index is -0.293. The first-order valence-corrected chi connectivity index (χ1v) is 3.03. The smallest absolute Gasteiger partial charge is 0.0583 e. The molecule has 0 saturated heterocycles. The van der Waals surface area contributed by atoms with Crippen LogP contribution in [0.2, 0.25) is 0 Å². The lowest BCUT2D eigenvalue weighted by Gasteiger charge is -2.02. The predicted octanol–water partition coefficient (Wildman–Crippen LogP) is 1.34. The van der Waals surface area contributed by atoms with E-state index in [2.05, 4.69) is 12.5 Å². The van der Waals surface area contributed by atoms with E-state index in [1.807, 2.05) is 0 Å². The number of hydrogen-bond donors (Lipinski definition) is 1. The third-order valence-electron chi connectivity index (χ3n) is 1.06. The van der Waals surface area contributed by atoms with Gasteiger partial charge in [-0.1, -0.05) is 6.08 Å². The van der Waals surface area contributed by atoms with Gasteiger partial charge in [0.15, 0.2) is 0 Å². The van der Waals surface area contributed by atoms with Crippen LogP contribution < -0.4 is 0 Å². The lowest BCUT2D eigenvalue weighted by atomic mass is 10.1. The van der Waals surface area contributed by atoms with Crippen LogP contribution in [0.15, 0.2) is 12.7 Å². The van der Waals surface area contributed by atoms with E-state index in [4.69, 9.17) is 11.5 Å². The molecule has 0 spiro atoms. The number of terminal acetylenes is 1. The van der Waals surface area contributed by atoms with E-state index >= 15 is 0 Å². The topological polar surface area (TPSA) is 20.2 Å². The third-order valence-corrected chi connectivity index (χ3v) is 1.06. The maximum Gasteiger partial charge on any atom is 0.0583 e. The molecular weight excluding hydrogens is 112 g/mol. The zero-order chi connectivity index (χ0) is 7.11. The van der Waals surface area contributed by atoms with E-state index in [0.717, 1.165) is 0 Å². The van der Waals surface area contributed by atoms with Gasteiger partial charge in [0.05, 0.1) is 6.10 Å². The van der Waals surface area contributed by atoms with Gasteiger partial charge in [0.1, 0.15) is 0 Å². The Bertz CT molecular complexity index is 110. The van der Waals surface area contributed by atoms with Crippen molar-refractivity contribution in [1.82, 2.24) is 0 Å². The van der Waals surface area contributed by atoms with Crippen molar-refractivity contribution in [3.05, 3.63) is 12.7 Å². The second-order valence-corrected chi connectivity index (χ2v) is 1.92. The maximum absolute atomic E-state index is 9.01. The summed E-state index contributed by atoms with van der Waals surface area (Å²) in [7, 11) is 0. The first-order chi connectivity index (χ1) is 4.31. The normalized spacial score (nSPS) is 12.0. The van der Waals surface area contributed by atoms with Gasteiger partial charge in [-0.25, -0.2) is 0 Å². The largest absolute Gasteiger partial charge is 0.393 e. The zero-order valence-electron chi connectivity index (χ0n) is 5.51. The fourth-order valence-corrected chi connectivity index (χ4v) is 0.560. The highest BCUT2D eigenvalue weighted by atomic mass is 16.3. The van der Waals surface area contributed by atoms with Gasteiger partial charge in [-0.15, -0.1) is 18.9 Å². The summed E-state index contributed by atoms with van der Waals surface area (Å²) in [6.45, 7) is 3.50. The van der Waals surface area contributed by atoms with Crippen molar-refractivity contribution in [2.75, 3.05) is 0 Å². The molecule has 0 aromatic heterocycles. The molecule has 0 aliphatic heterocycles. The van der Waals surface area contributed by atoms with E-state index in [0.29, 0.717) is 19.3 Å². The van der Waals surface area contributed by atoms with Gasteiger partial charge in [-0.3, -0.25) is 0 Å². The summed E-state index contributed by atoms with van der Waals surface area (Å²) in [4.78, 5) is 0. The maximum atomic E-state index is 9.01. The molecule has 0 aromatic rings. The molecule has 1 heteroatoms. The minimum absolute atomic E-state index is 0.293. The molecule has 0 amide bonds. The highest BCUT2D eigenvalue weighted by Crippen LogP contribution is 2.00. The summed E-state index contributed by atoms with van der Waals surface area (Å²) in [5, 5.41) is 9.01. The Balaban J connectivity index is 3.17. The van der Waals surface area contributed by atoms with Gasteiger partial charge in [-0.2, -0.15) is 0 Å². The molecule has 1 nitrogen and oxygen atoms in total. The van der Waals surface area contributed by atoms with Gasteiger partial charge in [0.25, 0.3) is 0 Å². The van der Waals surface area contributed by atoms with Gasteiger partial charge in [0, 0.05) is 6.42 Å². The van der Waals surface area contributed by atoms with Crippen molar-refractivity contribution in [2.45, 2.75) is 25.4 Å². The molecule has 0 bridgehead atoms. The van der Waals surface area contributed by atoms with Crippen LogP contribution in [0.4, 0.5) is 0 Å². The predicted molar refractivity (Wildman–Crippen MR) is 38.9 cm³/mol. The summed E-state index contributed by atoms with van der Waals surface area (Å²) in [5.74, 6) is 2.46. The molecule has 0 aromatic carbocycles. The summed E-state index contributed by atoms with van der Waals surface area (Å²) < 4.78 is 0. The molecule has 0 saturated carbocycles. The first-order valence-electron chi connectivity index (χ1n) is 3.03. The average Bonchev–Trinajstić information content (AvgIpc) is 1.85. The quantitative estimate of drug-likeness (QED) is 0.443. The molecule has 1 atom stereocenters. The van der Waals surface area contributed by atoms with Crippen LogP contribution in [0.1, 0.15) is 19.3 Å². The molecule has 0 unspecified atom stereocenters. The number of hydrogen-bond acceptors (Lipinski definition) is 1. The van der Waals surface area contributed by atoms with Crippen molar-refractivity contribution in [3.63, 3.8) is 0 Å². The SMILES string of the molecule is C#CCC[C@H](O)CC=C. The second kappa shape index (κ2) is 5.40. The molecule has 1 N–H and O–H groups in total. The van der Waals surface area contributed by atoms with E-state index < -0.39 is 0 Å². The van der Waals surface area contributed by atoms with Crippen molar-refractivity contribution in [1.29, 1.82) is 0 Å². The summed E-state index contributed by atoms with van der Waals surface area (Å²) in [6, 6.07) is 0. The van der Waals surface area contributed by atoms with Gasteiger partial charge >= 0.3 is 0 Å². The fraction of sp³-hybridized carbons (Fsp3) is 0.500. The van der Waals surface area contributed by atoms with Crippen LogP contribution in [0.3, 0.4) is 0 Å². The standard InChI is InChI=1S/C8H12O/c1-3-5-7-8(9)6-4-2/h1,4,8-9H,2,5-7H2/t8-/m1/s1. The van der Waals surface area contributed by atoms with E-state index in [9.17, 15) is 0 Å². The average molecular weight is 124 g/mol. The Kier molecular flexibility index (Phi) is 4.95. The third kappa shape index (κ3) is 5.13. The van der Waals surface area contributed by atoms with Crippen LogP contribution in [0.5, 0.6) is 0 Å². The highest BCUT2D eigenvalue weighted by Gasteiger charge is 1.97. The molecule has 0 aliphatic carbocycles. The number of rotatable bonds is 4. The van der Waals surface area contributed by atoms with Crippen LogP contribution in [0, 0.1) is 12.3 Å². The summed E-state index contributed by atoms with van der Waals surface area (Å²) in [6.07, 6.45) is 8.36. The van der Waals surface area contributed by atoms with Crippen molar-refractivity contribution < 1.29 is 5.11 Å². The lowest BCUT2D eigenvalue weighted by Crippen LogP contribution is -2.02. The highest BCUT2D eigenvalue weighted by molar-refractivity contribution is 4.85. The monoisotopic (exact) mass is 124 g/mol. The van der Waals surface area contributed by atoms with Crippen molar-refractivity contribution in [2.24, 2.45) is 0 Å². The lowest BCUT2D eigenvalue weighted by molar-refractivity contribution is 0.170. The van der Waals surface area contributed by atoms with Gasteiger partial charge in [-0.05, 0) is 12.8 Å². The molecule has 0 heterocycles. The van der Waals surface area contributed by atoms with Crippen molar-refractivity contribution in [3.8, 4) is 12.3 Å². The Hall–Kier alpha value is -0.740. The van der Waals surface area contributed by atoms with Crippen LogP contribution in [-0.2, 0) is 0 Å². The molecule has 0 rings (SSSR count). The number of aliphatic hydroxyl groups excluding tert-OH is 1. The molecule has 0 radical (unpaired) electrons. The van der Waals surface area contributed by atoms with Crippen LogP contribution in [-0.4, -0.2) is 11.2 Å². The van der Waals surface area contributed by atoms with Crippen LogP contribution in [0.25, 0.3) is 0 Å². The minimum Gasteiger partial charge on any atom is -0.393 e. The Labute approximate surface area is 56.4 Å². The van der Waals surface area contributed by atoms with Gasteiger partial charge in [0.2, 0.25) is 0 Å². The van der Waals surface area contributed by atoms with Crippen LogP contribution >= 0.6 is 0 Å². The zero-order valence-corrected chi connectivity index (χ0v) is 5.51. The number of aliphatic hydroxyl groups is 1. The fourth-order valence-electron chi connectivity index (χ4n) is 0.560. The molecule has 50 valence electrons. The Morgan fingerprint density at radius 3 is 2.89 bits per heavy atom. The first kappa shape index (κ1) is 8.26. The molecule has 0 aliphatic rings. The summed E-state index contributed by atoms with van der Waals surface area (Å²) >= 11 is 0. The molecule has 0 fully saturated rings. The Morgan fingerprint density at radius 1 is 1.78 bits per heavy atom. The molecular formula is C8H12O.